The molecule has 1 aromatic carbocycles. The van der Waals surface area contributed by atoms with Gasteiger partial charge in [-0.1, -0.05) is 30.7 Å². The van der Waals surface area contributed by atoms with Crippen molar-refractivity contribution in [3.8, 4) is 17.6 Å². The number of hydrogen-bond acceptors (Lipinski definition) is 3. The van der Waals surface area contributed by atoms with Crippen LogP contribution in [0, 0.1) is 17.8 Å². The molecule has 0 saturated heterocycles. The minimum Gasteiger partial charge on any atom is -0.492 e. The van der Waals surface area contributed by atoms with Gasteiger partial charge in [-0.15, -0.1) is 0 Å². The molecule has 0 aliphatic heterocycles. The minimum absolute atomic E-state index is 0.387. The standard InChI is InChI=1S/C21H29NO3/c1-21(2,3)25-20(23)22-14-15-24-19-13-7-12-18(16-19)11-6-10-17-8-4-5-9-17/h7,12-13,16-17H,4-5,8-10,14-15H2,1-3H3,(H,22,23). The van der Waals surface area contributed by atoms with Gasteiger partial charge >= 0.3 is 6.09 Å². The van der Waals surface area contributed by atoms with Crippen molar-refractivity contribution in [2.75, 3.05) is 13.2 Å². The molecule has 2 rings (SSSR count). The van der Waals surface area contributed by atoms with Crippen molar-refractivity contribution in [1.29, 1.82) is 0 Å². The number of ether oxygens (including phenoxy) is 2. The maximum Gasteiger partial charge on any atom is 0.407 e. The molecule has 1 saturated carbocycles. The zero-order valence-electron chi connectivity index (χ0n) is 15.6. The number of rotatable bonds is 5. The molecule has 0 spiro atoms. The fourth-order valence-corrected chi connectivity index (χ4v) is 2.81. The predicted molar refractivity (Wildman–Crippen MR) is 99.6 cm³/mol. The monoisotopic (exact) mass is 343 g/mol. The summed E-state index contributed by atoms with van der Waals surface area (Å²) in [5.41, 5.74) is 0.479. The third-order valence-corrected chi connectivity index (χ3v) is 3.97. The summed E-state index contributed by atoms with van der Waals surface area (Å²) in [5, 5.41) is 2.68. The average Bonchev–Trinajstić information content (AvgIpc) is 3.04. The molecule has 25 heavy (non-hydrogen) atoms. The summed E-state index contributed by atoms with van der Waals surface area (Å²) in [6.45, 7) is 6.29. The van der Waals surface area contributed by atoms with Crippen LogP contribution in [0.1, 0.15) is 58.4 Å². The predicted octanol–water partition coefficient (Wildman–Crippen LogP) is 4.52. The van der Waals surface area contributed by atoms with Gasteiger partial charge in [-0.2, -0.15) is 0 Å². The average molecular weight is 343 g/mol. The molecule has 4 nitrogen and oxygen atoms in total. The maximum absolute atomic E-state index is 11.5. The van der Waals surface area contributed by atoms with Crippen LogP contribution in [0.3, 0.4) is 0 Å². The second-order valence-electron chi connectivity index (χ2n) is 7.46. The van der Waals surface area contributed by atoms with Crippen molar-refractivity contribution in [1.82, 2.24) is 5.32 Å². The van der Waals surface area contributed by atoms with Gasteiger partial charge in [-0.3, -0.25) is 0 Å². The summed E-state index contributed by atoms with van der Waals surface area (Å²) in [6.07, 6.45) is 5.91. The molecular formula is C21H29NO3. The maximum atomic E-state index is 11.5. The Bertz CT molecular complexity index is 616. The number of alkyl carbamates (subject to hydrolysis) is 1. The lowest BCUT2D eigenvalue weighted by atomic mass is 10.0. The van der Waals surface area contributed by atoms with Gasteiger partial charge < -0.3 is 14.8 Å². The molecule has 136 valence electrons. The fraction of sp³-hybridized carbons (Fsp3) is 0.571. The normalized spacial score (nSPS) is 14.5. The first-order chi connectivity index (χ1) is 11.9. The Kier molecular flexibility index (Phi) is 7.18. The molecule has 1 aliphatic rings. The third kappa shape index (κ3) is 7.98. The Balaban J connectivity index is 1.72. The van der Waals surface area contributed by atoms with E-state index in [9.17, 15) is 4.79 Å². The lowest BCUT2D eigenvalue weighted by molar-refractivity contribution is 0.0520. The van der Waals surface area contributed by atoms with Crippen LogP contribution in [0.5, 0.6) is 5.75 Å². The molecule has 1 aliphatic carbocycles. The molecule has 0 heterocycles. The minimum atomic E-state index is -0.490. The third-order valence-electron chi connectivity index (χ3n) is 3.97. The Morgan fingerprint density at radius 3 is 2.76 bits per heavy atom. The molecule has 0 unspecified atom stereocenters. The fourth-order valence-electron chi connectivity index (χ4n) is 2.81. The van der Waals surface area contributed by atoms with E-state index in [2.05, 4.69) is 17.2 Å². The number of hydrogen-bond donors (Lipinski definition) is 1. The summed E-state index contributed by atoms with van der Waals surface area (Å²) < 4.78 is 10.8. The van der Waals surface area contributed by atoms with E-state index in [0.717, 1.165) is 23.7 Å². The van der Waals surface area contributed by atoms with E-state index in [0.29, 0.717) is 13.2 Å². The molecule has 0 atom stereocenters. The summed E-state index contributed by atoms with van der Waals surface area (Å²) in [4.78, 5) is 11.5. The number of benzene rings is 1. The van der Waals surface area contributed by atoms with Crippen LogP contribution < -0.4 is 10.1 Å². The molecule has 0 radical (unpaired) electrons. The lowest BCUT2D eigenvalue weighted by Gasteiger charge is -2.19. The van der Waals surface area contributed by atoms with Gasteiger partial charge in [0.15, 0.2) is 0 Å². The summed E-state index contributed by atoms with van der Waals surface area (Å²) in [7, 11) is 0. The van der Waals surface area contributed by atoms with E-state index in [4.69, 9.17) is 9.47 Å². The van der Waals surface area contributed by atoms with Crippen molar-refractivity contribution < 1.29 is 14.3 Å². The Hall–Kier alpha value is -2.15. The van der Waals surface area contributed by atoms with Crippen molar-refractivity contribution in [2.24, 2.45) is 5.92 Å². The highest BCUT2D eigenvalue weighted by Crippen LogP contribution is 2.26. The molecule has 1 amide bonds. The number of carbonyl (C=O) groups is 1. The van der Waals surface area contributed by atoms with Crippen molar-refractivity contribution in [2.45, 2.75) is 58.5 Å². The highest BCUT2D eigenvalue weighted by molar-refractivity contribution is 5.67. The van der Waals surface area contributed by atoms with Crippen LogP contribution in [0.2, 0.25) is 0 Å². The Morgan fingerprint density at radius 2 is 2.04 bits per heavy atom. The largest absolute Gasteiger partial charge is 0.492 e. The zero-order chi connectivity index (χ0) is 18.1. The van der Waals surface area contributed by atoms with Gasteiger partial charge in [0.1, 0.15) is 18.0 Å². The first kappa shape index (κ1) is 19.2. The molecule has 1 aromatic rings. The van der Waals surface area contributed by atoms with Crippen LogP contribution in [-0.4, -0.2) is 24.8 Å². The van der Waals surface area contributed by atoms with E-state index >= 15 is 0 Å². The van der Waals surface area contributed by atoms with Gasteiger partial charge in [-0.05, 0) is 57.7 Å². The van der Waals surface area contributed by atoms with Crippen molar-refractivity contribution >= 4 is 6.09 Å². The molecular weight excluding hydrogens is 314 g/mol. The van der Waals surface area contributed by atoms with E-state index in [1.54, 1.807) is 0 Å². The quantitative estimate of drug-likeness (QED) is 0.631. The Labute approximate surface area is 151 Å². The van der Waals surface area contributed by atoms with Gasteiger partial charge in [-0.25, -0.2) is 4.79 Å². The summed E-state index contributed by atoms with van der Waals surface area (Å²) in [6, 6.07) is 7.77. The summed E-state index contributed by atoms with van der Waals surface area (Å²) in [5.74, 6) is 8.07. The number of nitrogens with one attached hydrogen (secondary N) is 1. The molecule has 0 aromatic heterocycles. The number of amides is 1. The molecule has 4 heteroatoms. The lowest BCUT2D eigenvalue weighted by Crippen LogP contribution is -2.34. The first-order valence-electron chi connectivity index (χ1n) is 9.11. The second kappa shape index (κ2) is 9.36. The topological polar surface area (TPSA) is 47.6 Å². The second-order valence-corrected chi connectivity index (χ2v) is 7.46. The summed E-state index contributed by atoms with van der Waals surface area (Å²) >= 11 is 0. The first-order valence-corrected chi connectivity index (χ1v) is 9.11. The van der Waals surface area contributed by atoms with Crippen LogP contribution in [0.15, 0.2) is 24.3 Å². The van der Waals surface area contributed by atoms with Gasteiger partial charge in [0.05, 0.1) is 6.54 Å². The van der Waals surface area contributed by atoms with Crippen LogP contribution in [0.4, 0.5) is 4.79 Å². The number of carbonyl (C=O) groups excluding carboxylic acids is 1. The van der Waals surface area contributed by atoms with Gasteiger partial charge in [0, 0.05) is 12.0 Å². The smallest absolute Gasteiger partial charge is 0.407 e. The SMILES string of the molecule is CC(C)(C)OC(=O)NCCOc1cccc(C#CCC2CCCC2)c1. The zero-order valence-corrected chi connectivity index (χ0v) is 15.6. The van der Waals surface area contributed by atoms with Gasteiger partial charge in [0.2, 0.25) is 0 Å². The molecule has 1 fully saturated rings. The van der Waals surface area contributed by atoms with E-state index in [1.807, 2.05) is 45.0 Å². The van der Waals surface area contributed by atoms with Crippen LogP contribution in [-0.2, 0) is 4.74 Å². The molecule has 1 N–H and O–H groups in total. The highest BCUT2D eigenvalue weighted by atomic mass is 16.6. The van der Waals surface area contributed by atoms with E-state index < -0.39 is 11.7 Å². The van der Waals surface area contributed by atoms with E-state index in [1.165, 1.54) is 25.7 Å². The van der Waals surface area contributed by atoms with E-state index in [-0.39, 0.29) is 0 Å². The van der Waals surface area contributed by atoms with Crippen LogP contribution >= 0.6 is 0 Å². The highest BCUT2D eigenvalue weighted by Gasteiger charge is 2.15. The Morgan fingerprint density at radius 1 is 1.28 bits per heavy atom. The van der Waals surface area contributed by atoms with Gasteiger partial charge in [0.25, 0.3) is 0 Å². The molecule has 0 bridgehead atoms. The van der Waals surface area contributed by atoms with Crippen LogP contribution in [0.25, 0.3) is 0 Å². The van der Waals surface area contributed by atoms with Crippen molar-refractivity contribution in [3.63, 3.8) is 0 Å². The van der Waals surface area contributed by atoms with Crippen molar-refractivity contribution in [3.05, 3.63) is 29.8 Å².